The standard InChI is InChI=1S/C18H17N5O/c1-13-20-14-6-2-3-7-15(14)22(13)11-9-19-16-12-18(24)23-10-5-4-8-17(23)21-16/h2-8,10,12,19H,9,11H2,1H3. The fraction of sp³-hybridized carbons (Fsp3) is 0.167. The van der Waals surface area contributed by atoms with Gasteiger partial charge in [0.1, 0.15) is 17.3 Å². The van der Waals surface area contributed by atoms with Gasteiger partial charge in [-0.2, -0.15) is 0 Å². The molecule has 120 valence electrons. The van der Waals surface area contributed by atoms with Crippen LogP contribution in [0.2, 0.25) is 0 Å². The van der Waals surface area contributed by atoms with Crippen molar-refractivity contribution in [2.45, 2.75) is 13.5 Å². The zero-order valence-corrected chi connectivity index (χ0v) is 13.3. The topological polar surface area (TPSA) is 64.2 Å². The van der Waals surface area contributed by atoms with Crippen molar-refractivity contribution in [3.63, 3.8) is 0 Å². The molecule has 0 amide bonds. The highest BCUT2D eigenvalue weighted by Crippen LogP contribution is 2.15. The zero-order chi connectivity index (χ0) is 16.5. The average molecular weight is 319 g/mol. The number of aromatic nitrogens is 4. The van der Waals surface area contributed by atoms with Crippen LogP contribution in [-0.2, 0) is 6.54 Å². The molecule has 0 radical (unpaired) electrons. The Morgan fingerprint density at radius 2 is 1.92 bits per heavy atom. The fourth-order valence-corrected chi connectivity index (χ4v) is 2.92. The fourth-order valence-electron chi connectivity index (χ4n) is 2.92. The van der Waals surface area contributed by atoms with Gasteiger partial charge < -0.3 is 9.88 Å². The first kappa shape index (κ1) is 14.4. The van der Waals surface area contributed by atoms with Gasteiger partial charge in [0.05, 0.1) is 11.0 Å². The largest absolute Gasteiger partial charge is 0.368 e. The molecule has 0 spiro atoms. The first-order valence-electron chi connectivity index (χ1n) is 7.86. The quantitative estimate of drug-likeness (QED) is 0.627. The maximum atomic E-state index is 12.1. The first-order valence-corrected chi connectivity index (χ1v) is 7.86. The molecule has 0 aliphatic heterocycles. The van der Waals surface area contributed by atoms with E-state index < -0.39 is 0 Å². The molecule has 0 saturated carbocycles. The number of nitrogens with one attached hydrogen (secondary N) is 1. The summed E-state index contributed by atoms with van der Waals surface area (Å²) in [5, 5.41) is 3.23. The maximum absolute atomic E-state index is 12.1. The van der Waals surface area contributed by atoms with Crippen LogP contribution in [0.15, 0.2) is 59.5 Å². The molecule has 6 heteroatoms. The molecule has 3 heterocycles. The van der Waals surface area contributed by atoms with E-state index in [-0.39, 0.29) is 5.56 Å². The minimum atomic E-state index is -0.0904. The minimum Gasteiger partial charge on any atom is -0.368 e. The molecule has 1 aromatic carbocycles. The van der Waals surface area contributed by atoms with Gasteiger partial charge in [-0.25, -0.2) is 9.97 Å². The number of rotatable bonds is 4. The highest BCUT2D eigenvalue weighted by molar-refractivity contribution is 5.75. The smallest absolute Gasteiger partial charge is 0.259 e. The summed E-state index contributed by atoms with van der Waals surface area (Å²) in [7, 11) is 0. The molecule has 0 unspecified atom stereocenters. The Balaban J connectivity index is 1.55. The van der Waals surface area contributed by atoms with Crippen molar-refractivity contribution >= 4 is 22.5 Å². The Kier molecular flexibility index (Phi) is 3.49. The summed E-state index contributed by atoms with van der Waals surface area (Å²) in [6.45, 7) is 3.42. The molecule has 0 bridgehead atoms. The van der Waals surface area contributed by atoms with E-state index in [0.29, 0.717) is 18.0 Å². The summed E-state index contributed by atoms with van der Waals surface area (Å²) >= 11 is 0. The van der Waals surface area contributed by atoms with Gasteiger partial charge in [0.15, 0.2) is 0 Å². The third kappa shape index (κ3) is 2.52. The van der Waals surface area contributed by atoms with Gasteiger partial charge in [0, 0.05) is 25.4 Å². The predicted octanol–water partition coefficient (Wildman–Crippen LogP) is 2.46. The van der Waals surface area contributed by atoms with Crippen LogP contribution in [0.1, 0.15) is 5.82 Å². The Labute approximate surface area is 138 Å². The van der Waals surface area contributed by atoms with Gasteiger partial charge >= 0.3 is 0 Å². The van der Waals surface area contributed by atoms with Crippen molar-refractivity contribution < 1.29 is 0 Å². The monoisotopic (exact) mass is 319 g/mol. The van der Waals surface area contributed by atoms with E-state index in [4.69, 9.17) is 0 Å². The Bertz CT molecular complexity index is 1080. The van der Waals surface area contributed by atoms with Gasteiger partial charge in [-0.05, 0) is 31.2 Å². The van der Waals surface area contributed by atoms with Crippen molar-refractivity contribution in [2.75, 3.05) is 11.9 Å². The molecule has 0 fully saturated rings. The molecule has 0 atom stereocenters. The van der Waals surface area contributed by atoms with Crippen LogP contribution in [0.25, 0.3) is 16.7 Å². The first-order chi connectivity index (χ1) is 11.7. The van der Waals surface area contributed by atoms with Crippen molar-refractivity contribution in [3.05, 3.63) is 70.9 Å². The molecule has 6 nitrogen and oxygen atoms in total. The van der Waals surface area contributed by atoms with Crippen molar-refractivity contribution in [3.8, 4) is 0 Å². The number of anilines is 1. The van der Waals surface area contributed by atoms with Crippen LogP contribution in [0.3, 0.4) is 0 Å². The van der Waals surface area contributed by atoms with E-state index in [0.717, 1.165) is 23.4 Å². The minimum absolute atomic E-state index is 0.0904. The van der Waals surface area contributed by atoms with E-state index in [1.54, 1.807) is 6.20 Å². The molecular weight excluding hydrogens is 302 g/mol. The van der Waals surface area contributed by atoms with E-state index in [1.807, 2.05) is 43.3 Å². The highest BCUT2D eigenvalue weighted by atomic mass is 16.1. The summed E-state index contributed by atoms with van der Waals surface area (Å²) in [4.78, 5) is 21.1. The van der Waals surface area contributed by atoms with Crippen molar-refractivity contribution in [2.24, 2.45) is 0 Å². The van der Waals surface area contributed by atoms with Crippen LogP contribution in [0, 0.1) is 6.92 Å². The number of pyridine rings is 1. The lowest BCUT2D eigenvalue weighted by atomic mass is 10.3. The summed E-state index contributed by atoms with van der Waals surface area (Å²) < 4.78 is 3.69. The van der Waals surface area contributed by atoms with Gasteiger partial charge in [0.25, 0.3) is 5.56 Å². The number of imidazole rings is 1. The highest BCUT2D eigenvalue weighted by Gasteiger charge is 2.06. The lowest BCUT2D eigenvalue weighted by Gasteiger charge is -2.09. The molecule has 0 aliphatic rings. The maximum Gasteiger partial charge on any atom is 0.259 e. The third-order valence-corrected chi connectivity index (χ3v) is 4.06. The second kappa shape index (κ2) is 5.81. The molecule has 1 N–H and O–H groups in total. The SMILES string of the molecule is Cc1nc2ccccc2n1CCNc1cc(=O)n2ccccc2n1. The molecule has 0 aliphatic carbocycles. The van der Waals surface area contributed by atoms with Gasteiger partial charge in [0.2, 0.25) is 0 Å². The number of fused-ring (bicyclic) bond motifs is 2. The van der Waals surface area contributed by atoms with E-state index in [9.17, 15) is 4.79 Å². The molecular formula is C18H17N5O. The summed E-state index contributed by atoms with van der Waals surface area (Å²) in [5.74, 6) is 1.57. The second-order valence-corrected chi connectivity index (χ2v) is 5.63. The average Bonchev–Trinajstić information content (AvgIpc) is 2.91. The van der Waals surface area contributed by atoms with Crippen LogP contribution in [0.5, 0.6) is 0 Å². The van der Waals surface area contributed by atoms with Gasteiger partial charge in [-0.1, -0.05) is 18.2 Å². The molecule has 0 saturated heterocycles. The summed E-state index contributed by atoms with van der Waals surface area (Å²) in [5.41, 5.74) is 2.66. The molecule has 4 rings (SSSR count). The molecule has 4 aromatic rings. The number of para-hydroxylation sites is 2. The van der Waals surface area contributed by atoms with Crippen LogP contribution in [-0.4, -0.2) is 25.5 Å². The van der Waals surface area contributed by atoms with Crippen LogP contribution in [0.4, 0.5) is 5.82 Å². The third-order valence-electron chi connectivity index (χ3n) is 4.06. The Morgan fingerprint density at radius 1 is 1.08 bits per heavy atom. The lowest BCUT2D eigenvalue weighted by molar-refractivity contribution is 0.720. The van der Waals surface area contributed by atoms with E-state index >= 15 is 0 Å². The van der Waals surface area contributed by atoms with Crippen LogP contribution >= 0.6 is 0 Å². The second-order valence-electron chi connectivity index (χ2n) is 5.63. The number of benzene rings is 1. The molecule has 3 aromatic heterocycles. The number of hydrogen-bond donors (Lipinski definition) is 1. The van der Waals surface area contributed by atoms with Crippen LogP contribution < -0.4 is 10.9 Å². The number of aryl methyl sites for hydroxylation is 1. The summed E-state index contributed by atoms with van der Waals surface area (Å²) in [6, 6.07) is 15.1. The molecule has 24 heavy (non-hydrogen) atoms. The number of hydrogen-bond acceptors (Lipinski definition) is 4. The Morgan fingerprint density at radius 3 is 2.83 bits per heavy atom. The Hall–Kier alpha value is -3.15. The lowest BCUT2D eigenvalue weighted by Crippen LogP contribution is -2.18. The van der Waals surface area contributed by atoms with E-state index in [1.165, 1.54) is 10.5 Å². The van der Waals surface area contributed by atoms with Crippen molar-refractivity contribution in [1.82, 2.24) is 18.9 Å². The number of nitrogens with zero attached hydrogens (tertiary/aromatic N) is 4. The van der Waals surface area contributed by atoms with Crippen molar-refractivity contribution in [1.29, 1.82) is 0 Å². The van der Waals surface area contributed by atoms with Gasteiger partial charge in [-0.3, -0.25) is 9.20 Å². The van der Waals surface area contributed by atoms with Gasteiger partial charge in [-0.15, -0.1) is 0 Å². The van der Waals surface area contributed by atoms with E-state index in [2.05, 4.69) is 25.9 Å². The predicted molar refractivity (Wildman–Crippen MR) is 94.4 cm³/mol. The normalized spacial score (nSPS) is 11.2. The zero-order valence-electron chi connectivity index (χ0n) is 13.3. The summed E-state index contributed by atoms with van der Waals surface area (Å²) in [6.07, 6.45) is 1.72.